The minimum Gasteiger partial charge on any atom is -0.504 e. The number of hydrogen-bond donors (Lipinski definition) is 1. The zero-order chi connectivity index (χ0) is 13.8. The van der Waals surface area contributed by atoms with Crippen LogP contribution in [0.3, 0.4) is 0 Å². The molecule has 1 N–H and O–H groups in total. The minimum absolute atomic E-state index is 0.0566. The molecule has 0 aliphatic carbocycles. The fourth-order valence-electron chi connectivity index (χ4n) is 1.82. The van der Waals surface area contributed by atoms with Gasteiger partial charge in [-0.1, -0.05) is 24.6 Å². The van der Waals surface area contributed by atoms with E-state index in [1.165, 1.54) is 13.2 Å². The molecule has 0 saturated carbocycles. The third kappa shape index (κ3) is 2.76. The molecule has 1 aliphatic rings. The Labute approximate surface area is 111 Å². The number of ether oxygens (including phenoxy) is 1. The van der Waals surface area contributed by atoms with Crippen LogP contribution in [0.5, 0.6) is 11.5 Å². The third-order valence-electron chi connectivity index (χ3n) is 2.77. The highest BCUT2D eigenvalue weighted by Gasteiger charge is 2.24. The lowest BCUT2D eigenvalue weighted by atomic mass is 10.0. The van der Waals surface area contributed by atoms with Gasteiger partial charge in [-0.3, -0.25) is 0 Å². The molecule has 0 atom stereocenters. The van der Waals surface area contributed by atoms with Crippen LogP contribution in [0.15, 0.2) is 28.9 Å². The van der Waals surface area contributed by atoms with Crippen LogP contribution in [0, 0.1) is 0 Å². The highest BCUT2D eigenvalue weighted by molar-refractivity contribution is 6.25. The summed E-state index contributed by atoms with van der Waals surface area (Å²) >= 11 is 0. The summed E-state index contributed by atoms with van der Waals surface area (Å²) in [7, 11) is 1.47. The highest BCUT2D eigenvalue weighted by Crippen LogP contribution is 2.28. The topological polar surface area (TPSA) is 68.1 Å². The predicted octanol–water partition coefficient (Wildman–Crippen LogP) is 2.50. The van der Waals surface area contributed by atoms with Gasteiger partial charge in [0.2, 0.25) is 0 Å². The van der Waals surface area contributed by atoms with Crippen LogP contribution in [-0.2, 0) is 9.63 Å². The number of hydrogen-bond acceptors (Lipinski definition) is 5. The highest BCUT2D eigenvalue weighted by atomic mass is 16.7. The fourth-order valence-corrected chi connectivity index (χ4v) is 1.82. The average Bonchev–Trinajstić information content (AvgIpc) is 2.74. The monoisotopic (exact) mass is 261 g/mol. The first-order valence-corrected chi connectivity index (χ1v) is 6.03. The molecule has 5 nitrogen and oxygen atoms in total. The number of phenolic OH excluding ortho intramolecular Hbond substituents is 1. The molecule has 0 aromatic heterocycles. The molecule has 1 aliphatic heterocycles. The quantitative estimate of drug-likeness (QED) is 0.668. The van der Waals surface area contributed by atoms with Crippen LogP contribution in [0.4, 0.5) is 0 Å². The standard InChI is InChI=1S/C14H15NO4/c1-3-4-11-10(14(17)19-15-11)7-9-5-6-12(16)13(8-9)18-2/h5-8,16H,3-4H2,1-2H3. The number of nitrogens with zero attached hydrogens (tertiary/aromatic N) is 1. The van der Waals surface area contributed by atoms with Crippen LogP contribution in [0.1, 0.15) is 25.3 Å². The molecular formula is C14H15NO4. The second-order valence-electron chi connectivity index (χ2n) is 4.16. The third-order valence-corrected chi connectivity index (χ3v) is 2.77. The van der Waals surface area contributed by atoms with Gasteiger partial charge in [-0.05, 0) is 30.2 Å². The van der Waals surface area contributed by atoms with Gasteiger partial charge in [-0.25, -0.2) is 4.79 Å². The van der Waals surface area contributed by atoms with Crippen molar-refractivity contribution in [1.29, 1.82) is 0 Å². The van der Waals surface area contributed by atoms with Crippen LogP contribution < -0.4 is 4.74 Å². The smallest absolute Gasteiger partial charge is 0.367 e. The Hall–Kier alpha value is -2.30. The van der Waals surface area contributed by atoms with Gasteiger partial charge >= 0.3 is 5.97 Å². The first-order valence-electron chi connectivity index (χ1n) is 6.03. The summed E-state index contributed by atoms with van der Waals surface area (Å²) in [4.78, 5) is 16.3. The lowest BCUT2D eigenvalue weighted by Gasteiger charge is -2.04. The molecule has 1 aromatic carbocycles. The average molecular weight is 261 g/mol. The van der Waals surface area contributed by atoms with E-state index in [0.717, 1.165) is 12.0 Å². The Kier molecular flexibility index (Phi) is 3.85. The lowest BCUT2D eigenvalue weighted by Crippen LogP contribution is -2.04. The zero-order valence-corrected chi connectivity index (χ0v) is 10.8. The van der Waals surface area contributed by atoms with Gasteiger partial charge in [0.1, 0.15) is 0 Å². The summed E-state index contributed by atoms with van der Waals surface area (Å²) in [6, 6.07) is 4.86. The molecule has 19 heavy (non-hydrogen) atoms. The van der Waals surface area contributed by atoms with Gasteiger partial charge in [0.25, 0.3) is 0 Å². The van der Waals surface area contributed by atoms with E-state index < -0.39 is 5.97 Å². The molecule has 2 rings (SSSR count). The van der Waals surface area contributed by atoms with E-state index in [9.17, 15) is 9.90 Å². The van der Waals surface area contributed by atoms with Crippen molar-refractivity contribution < 1.29 is 19.5 Å². The molecule has 0 fully saturated rings. The maximum Gasteiger partial charge on any atom is 0.367 e. The fraction of sp³-hybridized carbons (Fsp3) is 0.286. The molecule has 1 heterocycles. The number of benzene rings is 1. The summed E-state index contributed by atoms with van der Waals surface area (Å²) in [5, 5.41) is 13.3. The molecule has 0 bridgehead atoms. The van der Waals surface area contributed by atoms with Crippen molar-refractivity contribution in [2.45, 2.75) is 19.8 Å². The Morgan fingerprint density at radius 1 is 1.47 bits per heavy atom. The van der Waals surface area contributed by atoms with Gasteiger partial charge < -0.3 is 14.7 Å². The molecule has 100 valence electrons. The van der Waals surface area contributed by atoms with Crippen molar-refractivity contribution in [2.75, 3.05) is 7.11 Å². The van der Waals surface area contributed by atoms with Crippen molar-refractivity contribution in [3.8, 4) is 11.5 Å². The van der Waals surface area contributed by atoms with Gasteiger partial charge in [-0.15, -0.1) is 0 Å². The largest absolute Gasteiger partial charge is 0.504 e. The van der Waals surface area contributed by atoms with Gasteiger partial charge in [0, 0.05) is 0 Å². The van der Waals surface area contributed by atoms with E-state index >= 15 is 0 Å². The first-order chi connectivity index (χ1) is 9.15. The van der Waals surface area contributed by atoms with E-state index in [4.69, 9.17) is 4.74 Å². The predicted molar refractivity (Wildman–Crippen MR) is 71.1 cm³/mol. The second kappa shape index (κ2) is 5.56. The zero-order valence-electron chi connectivity index (χ0n) is 10.8. The molecule has 0 saturated heterocycles. The Morgan fingerprint density at radius 2 is 2.26 bits per heavy atom. The summed E-state index contributed by atoms with van der Waals surface area (Å²) < 4.78 is 5.03. The summed E-state index contributed by atoms with van der Waals surface area (Å²) in [5.41, 5.74) is 1.85. The van der Waals surface area contributed by atoms with E-state index in [0.29, 0.717) is 23.5 Å². The molecule has 0 amide bonds. The summed E-state index contributed by atoms with van der Waals surface area (Å²) in [6.07, 6.45) is 3.25. The number of carbonyl (C=O) groups excluding carboxylic acids is 1. The molecule has 0 radical (unpaired) electrons. The van der Waals surface area contributed by atoms with Crippen LogP contribution in [-0.4, -0.2) is 23.9 Å². The van der Waals surface area contributed by atoms with E-state index in [2.05, 4.69) is 9.99 Å². The number of rotatable bonds is 4. The maximum absolute atomic E-state index is 11.6. The van der Waals surface area contributed by atoms with Crippen molar-refractivity contribution in [1.82, 2.24) is 0 Å². The van der Waals surface area contributed by atoms with Crippen molar-refractivity contribution in [3.63, 3.8) is 0 Å². The van der Waals surface area contributed by atoms with Crippen molar-refractivity contribution in [3.05, 3.63) is 29.3 Å². The first kappa shape index (κ1) is 13.1. The summed E-state index contributed by atoms with van der Waals surface area (Å²) in [6.45, 7) is 2.01. The van der Waals surface area contributed by atoms with Crippen molar-refractivity contribution in [2.24, 2.45) is 5.16 Å². The Bertz CT molecular complexity index is 561. The second-order valence-corrected chi connectivity index (χ2v) is 4.16. The van der Waals surface area contributed by atoms with E-state index in [1.54, 1.807) is 18.2 Å². The van der Waals surface area contributed by atoms with Gasteiger partial charge in [-0.2, -0.15) is 0 Å². The molecular weight excluding hydrogens is 246 g/mol. The molecule has 0 spiro atoms. The lowest BCUT2D eigenvalue weighted by molar-refractivity contribution is -0.136. The van der Waals surface area contributed by atoms with Crippen LogP contribution >= 0.6 is 0 Å². The molecule has 5 heteroatoms. The Balaban J connectivity index is 2.34. The van der Waals surface area contributed by atoms with Gasteiger partial charge in [0.15, 0.2) is 11.5 Å². The summed E-state index contributed by atoms with van der Waals surface area (Å²) in [5.74, 6) is -0.0358. The number of oxime groups is 1. The van der Waals surface area contributed by atoms with E-state index in [1.807, 2.05) is 6.92 Å². The van der Waals surface area contributed by atoms with Crippen LogP contribution in [0.2, 0.25) is 0 Å². The maximum atomic E-state index is 11.6. The van der Waals surface area contributed by atoms with E-state index in [-0.39, 0.29) is 5.75 Å². The normalized spacial score (nSPS) is 16.4. The van der Waals surface area contributed by atoms with Gasteiger partial charge in [0.05, 0.1) is 18.4 Å². The number of carbonyl (C=O) groups is 1. The number of aromatic hydroxyl groups is 1. The minimum atomic E-state index is -0.449. The number of phenols is 1. The molecule has 1 aromatic rings. The SMILES string of the molecule is CCCC1=NOC(=O)C1=Cc1ccc(O)c(OC)c1. The number of methoxy groups -OCH3 is 1. The Morgan fingerprint density at radius 3 is 2.95 bits per heavy atom. The molecule has 0 unspecified atom stereocenters. The van der Waals surface area contributed by atoms with Crippen LogP contribution in [0.25, 0.3) is 6.08 Å². The van der Waals surface area contributed by atoms with Crippen molar-refractivity contribution >= 4 is 17.8 Å².